The number of quaternary nitrogens is 1. The lowest BCUT2D eigenvalue weighted by Gasteiger charge is -2.26. The minimum Gasteiger partial charge on any atom is -0.545 e. The third kappa shape index (κ3) is 86.7. The third-order valence-corrected chi connectivity index (χ3v) is 17.7. The topological polar surface area (TPSA) is 111 Å². The van der Waals surface area contributed by atoms with Gasteiger partial charge in [-0.3, -0.25) is 9.59 Å². The highest BCUT2D eigenvalue weighted by Gasteiger charge is 2.22. The average Bonchev–Trinajstić information content (AvgIpc) is 0.965. The Morgan fingerprint density at radius 1 is 0.280 bits per heavy atom. The first-order chi connectivity index (χ1) is 52.6. The van der Waals surface area contributed by atoms with Crippen LogP contribution in [-0.2, 0) is 33.3 Å². The number of unbranched alkanes of at least 4 members (excludes halogenated alkanes) is 26. The predicted molar refractivity (Wildman–Crippen MR) is 462 cm³/mol. The molecule has 0 N–H and O–H groups in total. The molecular weight excluding hydrogens is 1320 g/mol. The number of nitrogens with zero attached hydrogens (tertiary/aromatic N) is 1. The highest BCUT2D eigenvalue weighted by atomic mass is 16.7. The first-order valence-corrected chi connectivity index (χ1v) is 42.9. The smallest absolute Gasteiger partial charge is 0.306 e. The molecule has 0 aromatic carbocycles. The van der Waals surface area contributed by atoms with E-state index in [4.69, 9.17) is 18.9 Å². The van der Waals surface area contributed by atoms with Crippen molar-refractivity contribution in [2.45, 2.75) is 334 Å². The molecule has 0 fully saturated rings. The van der Waals surface area contributed by atoms with Gasteiger partial charge in [0.2, 0.25) is 0 Å². The molecule has 0 heterocycles. The van der Waals surface area contributed by atoms with Gasteiger partial charge in [-0.25, -0.2) is 0 Å². The number of hydrogen-bond donors (Lipinski definition) is 0. The van der Waals surface area contributed by atoms with Crippen molar-refractivity contribution in [2.24, 2.45) is 0 Å². The quantitative estimate of drug-likeness (QED) is 0.0195. The van der Waals surface area contributed by atoms with Gasteiger partial charge in [-0.2, -0.15) is 0 Å². The summed E-state index contributed by atoms with van der Waals surface area (Å²) in [4.78, 5) is 37.7. The van der Waals surface area contributed by atoms with Crippen molar-refractivity contribution in [1.82, 2.24) is 0 Å². The van der Waals surface area contributed by atoms with Crippen LogP contribution in [0.1, 0.15) is 322 Å². The van der Waals surface area contributed by atoms with Crippen LogP contribution in [0.5, 0.6) is 0 Å². The summed E-state index contributed by atoms with van der Waals surface area (Å²) in [7, 11) is 5.93. The van der Waals surface area contributed by atoms with E-state index in [1.807, 2.05) is 21.1 Å². The number of aliphatic carboxylic acids is 1. The second-order valence-electron chi connectivity index (χ2n) is 29.0. The number of carboxylic acid groups (broad SMARTS) is 1. The maximum Gasteiger partial charge on any atom is 0.306 e. The standard InChI is InChI=1S/C98H157NO8/c1-6-8-10-12-14-16-18-20-22-24-26-28-30-32-34-36-38-40-42-44-46-48-50-52-54-56-58-60-62-64-66-68-70-72-74-76-78-80-82-84-86-88-95(100)105-92-94(93-106-98(97(102)103)104-91-90-99(3,4)5)107-96(101)89-87-85-83-81-79-77-75-73-71-69-67-65-63-61-59-57-55-53-51-49-47-45-43-41-39-37-35-33-31-29-27-25-23-21-19-17-15-13-11-9-7-2/h8-11,14-17,20-23,26-29,32-35,38-41,44-47,51,53,57,59,63,65,69,71,94,98H,6-7,12-13,18-19,24-25,30-31,36-37,42-43,48-50,52,54-56,58,60-62,64,66-68,70,72-93H2,1-5H3/b10-8-,11-9-,16-14-,17-15-,22-20-,23-21-,28-26-,29-27-,34-32-,35-33-,40-38-,41-39-,46-44-,47-45-,53-51-,59-57-,65-63-,71-69-. The van der Waals surface area contributed by atoms with E-state index in [-0.39, 0.29) is 38.6 Å². The van der Waals surface area contributed by atoms with E-state index in [1.165, 1.54) is 128 Å². The summed E-state index contributed by atoms with van der Waals surface area (Å²) in [5.41, 5.74) is 0. The molecule has 0 rings (SSSR count). The number of carbonyl (C=O) groups is 3. The molecule has 0 amide bonds. The molecule has 0 saturated heterocycles. The van der Waals surface area contributed by atoms with Gasteiger partial charge < -0.3 is 33.3 Å². The molecule has 9 nitrogen and oxygen atoms in total. The fourth-order valence-electron chi connectivity index (χ4n) is 11.3. The predicted octanol–water partition coefficient (Wildman–Crippen LogP) is 27.0. The van der Waals surface area contributed by atoms with Crippen molar-refractivity contribution in [3.63, 3.8) is 0 Å². The highest BCUT2D eigenvalue weighted by molar-refractivity contribution is 5.70. The van der Waals surface area contributed by atoms with Crippen molar-refractivity contribution < 1.29 is 42.9 Å². The van der Waals surface area contributed by atoms with Crippen LogP contribution in [0, 0.1) is 0 Å². The minimum absolute atomic E-state index is 0.136. The lowest BCUT2D eigenvalue weighted by Crippen LogP contribution is -2.44. The molecule has 2 unspecified atom stereocenters. The number of esters is 2. The highest BCUT2D eigenvalue weighted by Crippen LogP contribution is 2.17. The van der Waals surface area contributed by atoms with E-state index < -0.39 is 24.3 Å². The van der Waals surface area contributed by atoms with Gasteiger partial charge >= 0.3 is 11.9 Å². The molecular formula is C98H157NO8. The van der Waals surface area contributed by atoms with Crippen LogP contribution in [0.4, 0.5) is 0 Å². The van der Waals surface area contributed by atoms with Crippen LogP contribution in [-0.4, -0.2) is 82.3 Å². The van der Waals surface area contributed by atoms with Crippen LogP contribution in [0.15, 0.2) is 219 Å². The van der Waals surface area contributed by atoms with Gasteiger partial charge in [-0.15, -0.1) is 0 Å². The van der Waals surface area contributed by atoms with Gasteiger partial charge in [0.05, 0.1) is 40.3 Å². The van der Waals surface area contributed by atoms with Crippen molar-refractivity contribution in [3.8, 4) is 0 Å². The zero-order valence-electron chi connectivity index (χ0n) is 68.9. The lowest BCUT2D eigenvalue weighted by atomic mass is 10.0. The summed E-state index contributed by atoms with van der Waals surface area (Å²) in [6.07, 6.45) is 131. The van der Waals surface area contributed by atoms with Crippen molar-refractivity contribution in [2.75, 3.05) is 47.5 Å². The molecule has 0 radical (unpaired) electrons. The molecule has 0 aliphatic carbocycles. The number of rotatable bonds is 77. The zero-order valence-corrected chi connectivity index (χ0v) is 68.9. The summed E-state index contributed by atoms with van der Waals surface area (Å²) in [5, 5.41) is 11.9. The Bertz CT molecular complexity index is 2580. The maximum absolute atomic E-state index is 13.0. The second kappa shape index (κ2) is 85.2. The van der Waals surface area contributed by atoms with E-state index in [0.717, 1.165) is 161 Å². The van der Waals surface area contributed by atoms with E-state index in [2.05, 4.69) is 233 Å². The first-order valence-electron chi connectivity index (χ1n) is 42.9. The Balaban J connectivity index is 4.09. The van der Waals surface area contributed by atoms with Gasteiger partial charge in [0, 0.05) is 12.8 Å². The fraction of sp³-hybridized carbons (Fsp3) is 0.602. The molecule has 107 heavy (non-hydrogen) atoms. The Hall–Kier alpha value is -6.39. The average molecular weight is 1480 g/mol. The molecule has 9 heteroatoms. The normalized spacial score (nSPS) is 13.8. The van der Waals surface area contributed by atoms with Crippen LogP contribution in [0.2, 0.25) is 0 Å². The van der Waals surface area contributed by atoms with Crippen LogP contribution < -0.4 is 5.11 Å². The Kier molecular flexibility index (Phi) is 80.1. The Morgan fingerprint density at radius 3 is 0.748 bits per heavy atom. The monoisotopic (exact) mass is 1480 g/mol. The van der Waals surface area contributed by atoms with Crippen molar-refractivity contribution in [1.29, 1.82) is 0 Å². The minimum atomic E-state index is -1.64. The van der Waals surface area contributed by atoms with E-state index in [9.17, 15) is 19.5 Å². The lowest BCUT2D eigenvalue weighted by molar-refractivity contribution is -0.870. The molecule has 0 aliphatic rings. The van der Waals surface area contributed by atoms with Gasteiger partial charge in [0.15, 0.2) is 12.4 Å². The summed E-state index contributed by atoms with van der Waals surface area (Å²) < 4.78 is 22.9. The van der Waals surface area contributed by atoms with Gasteiger partial charge in [0.1, 0.15) is 13.2 Å². The summed E-state index contributed by atoms with van der Waals surface area (Å²) in [6.45, 7) is 4.51. The maximum atomic E-state index is 13.0. The van der Waals surface area contributed by atoms with Crippen LogP contribution in [0.3, 0.4) is 0 Å². The molecule has 0 saturated carbocycles. The van der Waals surface area contributed by atoms with E-state index in [0.29, 0.717) is 17.4 Å². The van der Waals surface area contributed by atoms with Crippen LogP contribution in [0.25, 0.3) is 0 Å². The van der Waals surface area contributed by atoms with Gasteiger partial charge in [-0.05, 0) is 154 Å². The Labute approximate surface area is 657 Å². The summed E-state index contributed by atoms with van der Waals surface area (Å²) in [5.74, 6) is -2.31. The third-order valence-electron chi connectivity index (χ3n) is 17.7. The molecule has 0 bridgehead atoms. The largest absolute Gasteiger partial charge is 0.545 e. The zero-order chi connectivity index (χ0) is 77.4. The van der Waals surface area contributed by atoms with Crippen molar-refractivity contribution >= 4 is 17.9 Å². The molecule has 0 aromatic rings. The molecule has 2 atom stereocenters. The number of allylic oxidation sites excluding steroid dienone is 36. The van der Waals surface area contributed by atoms with Gasteiger partial charge in [0.25, 0.3) is 0 Å². The van der Waals surface area contributed by atoms with Crippen LogP contribution >= 0.6 is 0 Å². The number of likely N-dealkylation sites (N-methyl/N-ethyl adjacent to an activating group) is 1. The van der Waals surface area contributed by atoms with E-state index in [1.54, 1.807) is 0 Å². The first kappa shape index (κ1) is 101. The SMILES string of the molecule is CC/C=C\C/C=C\C/C=C\C/C=C\C/C=C\C/C=C\C/C=C\C/C=C\C/C=C\C/C=C\C/C=C\CCCCCCCCCC(=O)OC(COC(=O)CCCCCCCCCCCCCCCCCCCCC/C=C\C/C=C\C/C=C\C/C=C\C/C=C\C/C=C\C/C=C\CC)COC(OCC[N+](C)(C)C)C(=O)[O-]. The van der Waals surface area contributed by atoms with E-state index >= 15 is 0 Å². The fourth-order valence-corrected chi connectivity index (χ4v) is 11.3. The number of hydrogen-bond acceptors (Lipinski definition) is 8. The second-order valence-corrected chi connectivity index (χ2v) is 29.0. The number of carbonyl (C=O) groups excluding carboxylic acids is 3. The van der Waals surface area contributed by atoms with Gasteiger partial charge in [-0.1, -0.05) is 374 Å². The molecule has 602 valence electrons. The molecule has 0 spiro atoms. The molecule has 0 aromatic heterocycles. The summed E-state index contributed by atoms with van der Waals surface area (Å²) in [6, 6.07) is 0. The number of ether oxygens (including phenoxy) is 4. The molecule has 0 aliphatic heterocycles. The Morgan fingerprint density at radius 2 is 0.505 bits per heavy atom. The van der Waals surface area contributed by atoms with Crippen molar-refractivity contribution in [3.05, 3.63) is 219 Å². The number of carboxylic acids is 1. The summed E-state index contributed by atoms with van der Waals surface area (Å²) >= 11 is 0.